The van der Waals surface area contributed by atoms with Gasteiger partial charge >= 0.3 is 29.6 Å². The molecule has 0 radical (unpaired) electrons. The number of aliphatic hydroxyl groups is 2. The molecule has 8 nitrogen and oxygen atoms in total. The van der Waals surface area contributed by atoms with Crippen molar-refractivity contribution in [2.24, 2.45) is 0 Å². The molecule has 0 saturated heterocycles. The molecule has 1 saturated carbocycles. The van der Waals surface area contributed by atoms with Crippen LogP contribution in [-0.4, -0.2) is 55.8 Å². The second-order valence-electron chi connectivity index (χ2n) is 10.0. The summed E-state index contributed by atoms with van der Waals surface area (Å²) < 4.78 is 15.6. The van der Waals surface area contributed by atoms with Gasteiger partial charge in [-0.25, -0.2) is 9.37 Å². The fourth-order valence-electron chi connectivity index (χ4n) is 4.72. The van der Waals surface area contributed by atoms with Gasteiger partial charge in [0, 0.05) is 37.5 Å². The van der Waals surface area contributed by atoms with Gasteiger partial charge in [0.2, 0.25) is 0 Å². The van der Waals surface area contributed by atoms with Crippen LogP contribution in [0.3, 0.4) is 0 Å². The van der Waals surface area contributed by atoms with Crippen LogP contribution >= 0.6 is 0 Å². The predicted molar refractivity (Wildman–Crippen MR) is 137 cm³/mol. The molecule has 1 amide bonds. The third kappa shape index (κ3) is 7.77. The summed E-state index contributed by atoms with van der Waals surface area (Å²) in [6, 6.07) is 15.4. The molecule has 0 bridgehead atoms. The van der Waals surface area contributed by atoms with Gasteiger partial charge in [0.05, 0.1) is 23.9 Å². The van der Waals surface area contributed by atoms with Crippen LogP contribution in [0.4, 0.5) is 4.39 Å². The molecule has 3 atom stereocenters. The van der Waals surface area contributed by atoms with E-state index in [9.17, 15) is 29.3 Å². The number of carbonyl (C=O) groups excluding carboxylic acids is 2. The number of aliphatic hydroxyl groups excluding tert-OH is 2. The smallest absolute Gasteiger partial charge is 0.550 e. The summed E-state index contributed by atoms with van der Waals surface area (Å²) in [5.74, 6) is -1.36. The summed E-state index contributed by atoms with van der Waals surface area (Å²) in [6.45, 7) is 2.24. The van der Waals surface area contributed by atoms with Crippen LogP contribution in [0.1, 0.15) is 72.7 Å². The van der Waals surface area contributed by atoms with E-state index in [0.29, 0.717) is 17.1 Å². The topological polar surface area (TPSA) is 119 Å². The van der Waals surface area contributed by atoms with E-state index >= 15 is 0 Å². The van der Waals surface area contributed by atoms with E-state index < -0.39 is 24.6 Å². The maximum Gasteiger partial charge on any atom is 1.00 e. The van der Waals surface area contributed by atoms with Crippen molar-refractivity contribution in [1.29, 1.82) is 0 Å². The number of amides is 1. The number of nitrogens with zero attached hydrogens (tertiary/aromatic N) is 3. The number of aliphatic carboxylic acids is 1. The maximum absolute atomic E-state index is 13.8. The zero-order valence-corrected chi connectivity index (χ0v) is 24.6. The molecular weight excluding hydrogens is 512 g/mol. The molecule has 1 aromatic heterocycles. The van der Waals surface area contributed by atoms with Gasteiger partial charge in [-0.05, 0) is 62.4 Å². The Morgan fingerprint density at radius 1 is 1.10 bits per heavy atom. The van der Waals surface area contributed by atoms with Crippen molar-refractivity contribution in [3.8, 4) is 11.4 Å². The van der Waals surface area contributed by atoms with Gasteiger partial charge in [-0.3, -0.25) is 4.79 Å². The summed E-state index contributed by atoms with van der Waals surface area (Å²) in [5, 5.41) is 31.2. The van der Waals surface area contributed by atoms with E-state index in [1.54, 1.807) is 24.1 Å². The fraction of sp³-hybridized carbons (Fsp3) is 0.414. The molecule has 10 heteroatoms. The molecule has 1 aliphatic rings. The number of carboxylic acid groups (broad SMARTS) is 1. The average molecular weight is 546 g/mol. The first-order valence-corrected chi connectivity index (χ1v) is 12.9. The Balaban J connectivity index is 0.00000420. The number of halogens is 1. The van der Waals surface area contributed by atoms with Crippen LogP contribution in [0.25, 0.3) is 11.4 Å². The van der Waals surface area contributed by atoms with Gasteiger partial charge in [0.25, 0.3) is 5.91 Å². The van der Waals surface area contributed by atoms with Crippen LogP contribution in [0.5, 0.6) is 0 Å². The van der Waals surface area contributed by atoms with Crippen molar-refractivity contribution in [1.82, 2.24) is 14.5 Å². The quantitative estimate of drug-likeness (QED) is 0.311. The van der Waals surface area contributed by atoms with Crippen molar-refractivity contribution in [2.45, 2.75) is 69.7 Å². The maximum atomic E-state index is 13.8. The van der Waals surface area contributed by atoms with E-state index in [1.165, 1.54) is 12.1 Å². The number of hydrogen-bond acceptors (Lipinski definition) is 6. The first-order valence-electron chi connectivity index (χ1n) is 12.9. The Morgan fingerprint density at radius 2 is 1.74 bits per heavy atom. The predicted octanol–water partition coefficient (Wildman–Crippen LogP) is 0.0458. The Bertz CT molecular complexity index is 1260. The molecule has 1 fully saturated rings. The zero-order valence-electron chi connectivity index (χ0n) is 22.6. The fourth-order valence-corrected chi connectivity index (χ4v) is 4.72. The van der Waals surface area contributed by atoms with Gasteiger partial charge < -0.3 is 29.6 Å². The van der Waals surface area contributed by atoms with Crippen LogP contribution in [0.15, 0.2) is 54.6 Å². The van der Waals surface area contributed by atoms with Crippen LogP contribution < -0.4 is 34.7 Å². The van der Waals surface area contributed by atoms with Crippen molar-refractivity contribution in [3.63, 3.8) is 0 Å². The second kappa shape index (κ2) is 13.7. The largest absolute Gasteiger partial charge is 1.00 e. The molecule has 0 spiro atoms. The van der Waals surface area contributed by atoms with Crippen LogP contribution in [0, 0.1) is 5.82 Å². The molecule has 39 heavy (non-hydrogen) atoms. The average Bonchev–Trinajstić information content (AvgIpc) is 3.66. The van der Waals surface area contributed by atoms with E-state index in [0.717, 1.165) is 24.1 Å². The van der Waals surface area contributed by atoms with E-state index in [4.69, 9.17) is 4.98 Å². The minimum atomic E-state index is -1.38. The Labute approximate surface area is 249 Å². The minimum absolute atomic E-state index is 0. The number of hydrogen-bond donors (Lipinski definition) is 2. The van der Waals surface area contributed by atoms with Gasteiger partial charge in [0.15, 0.2) is 5.69 Å². The first kappa shape index (κ1) is 31.0. The summed E-state index contributed by atoms with van der Waals surface area (Å²) >= 11 is 0. The number of carboxylic acids is 1. The molecule has 202 valence electrons. The second-order valence-corrected chi connectivity index (χ2v) is 10.0. The van der Waals surface area contributed by atoms with Gasteiger partial charge in [-0.1, -0.05) is 30.3 Å². The molecule has 0 aliphatic heterocycles. The summed E-state index contributed by atoms with van der Waals surface area (Å²) in [4.78, 5) is 31.0. The molecule has 0 unspecified atom stereocenters. The molecule has 1 aliphatic carbocycles. The molecule has 1 heterocycles. The minimum Gasteiger partial charge on any atom is -0.550 e. The molecular formula is C29H33FN3NaO5. The first-order chi connectivity index (χ1) is 18.2. The van der Waals surface area contributed by atoms with Gasteiger partial charge in [-0.2, -0.15) is 0 Å². The Hall–Kier alpha value is -2.56. The number of imidazole rings is 1. The van der Waals surface area contributed by atoms with E-state index in [1.807, 2.05) is 41.8 Å². The monoisotopic (exact) mass is 545 g/mol. The Kier molecular flexibility index (Phi) is 10.9. The number of carbonyl (C=O) groups is 2. The van der Waals surface area contributed by atoms with Crippen LogP contribution in [-0.2, 0) is 11.3 Å². The number of aromatic nitrogens is 2. The van der Waals surface area contributed by atoms with E-state index in [2.05, 4.69) is 0 Å². The normalized spacial score (nSPS) is 15.2. The number of benzene rings is 2. The van der Waals surface area contributed by atoms with Crippen LogP contribution in [0.2, 0.25) is 0 Å². The standard InChI is InChI=1S/C29H34FN3O5.Na/c1-18(19-6-4-3-5-7-19)32(2)29(38)26-27(20-8-9-20)33(15-14-23(34)16-24(35)17-25(36)37)28(31-26)21-10-12-22(30)13-11-21;/h3-7,10-13,18,20,23-24,34-35H,8-9,14-17H2,1-2H3,(H,36,37);/q;+1/p-1/t18-,23-,24-;/m1./s1. The SMILES string of the molecule is C[C@H](c1ccccc1)N(C)C(=O)c1nc(-c2ccc(F)cc2)n(CC[C@@H](O)C[C@@H](O)CC(=O)[O-])c1C1CC1.[Na+]. The van der Waals surface area contributed by atoms with E-state index in [-0.39, 0.29) is 72.6 Å². The molecule has 2 N–H and O–H groups in total. The van der Waals surface area contributed by atoms with Gasteiger partial charge in [0.1, 0.15) is 11.6 Å². The summed E-state index contributed by atoms with van der Waals surface area (Å²) in [7, 11) is 1.75. The summed E-state index contributed by atoms with van der Waals surface area (Å²) in [6.07, 6.45) is -0.850. The molecule has 2 aromatic carbocycles. The third-order valence-corrected chi connectivity index (χ3v) is 7.09. The zero-order chi connectivity index (χ0) is 27.4. The molecule has 4 rings (SSSR count). The molecule has 3 aromatic rings. The van der Waals surface area contributed by atoms with Crippen molar-refractivity contribution >= 4 is 11.9 Å². The third-order valence-electron chi connectivity index (χ3n) is 7.09. The van der Waals surface area contributed by atoms with Gasteiger partial charge in [-0.15, -0.1) is 0 Å². The van der Waals surface area contributed by atoms with Crippen molar-refractivity contribution < 1.29 is 58.9 Å². The van der Waals surface area contributed by atoms with Crippen molar-refractivity contribution in [3.05, 3.63) is 77.4 Å². The summed E-state index contributed by atoms with van der Waals surface area (Å²) in [5.41, 5.74) is 2.75. The van der Waals surface area contributed by atoms with Crippen molar-refractivity contribution in [2.75, 3.05) is 7.05 Å². The number of rotatable bonds is 12. The Morgan fingerprint density at radius 3 is 2.33 bits per heavy atom.